The molecular formula is C15H16N2O3. The van der Waals surface area contributed by atoms with E-state index in [1.807, 2.05) is 13.8 Å². The molecule has 2 atom stereocenters. The summed E-state index contributed by atoms with van der Waals surface area (Å²) >= 11 is 0. The molecule has 0 bridgehead atoms. The molecule has 0 aliphatic carbocycles. The third-order valence-corrected chi connectivity index (χ3v) is 3.66. The molecule has 0 amide bonds. The number of aromatic nitrogens is 2. The quantitative estimate of drug-likeness (QED) is 0.851. The number of ether oxygens (including phenoxy) is 1. The van der Waals surface area contributed by atoms with Crippen LogP contribution in [0.15, 0.2) is 47.7 Å². The highest BCUT2D eigenvalue weighted by molar-refractivity contribution is 5.38. The van der Waals surface area contributed by atoms with Gasteiger partial charge in [0, 0.05) is 30.2 Å². The molecule has 2 aromatic rings. The Kier molecular flexibility index (Phi) is 2.87. The van der Waals surface area contributed by atoms with Crippen LogP contribution in [0, 0.1) is 0 Å². The average molecular weight is 272 g/mol. The smallest absolute Gasteiger partial charge is 0.251 e. The standard InChI is InChI=1S/C15H16N2O3/c1-15(2)14(19)13(17-8-4-3-5-12(17)18)10-9-16-7-6-11(10)20-15/h3-9,13-14,19H,1-2H3/t13-,14+/m0/s1. The molecule has 20 heavy (non-hydrogen) atoms. The van der Waals surface area contributed by atoms with Crippen molar-refractivity contribution in [2.75, 3.05) is 0 Å². The van der Waals surface area contributed by atoms with E-state index in [1.165, 1.54) is 10.6 Å². The largest absolute Gasteiger partial charge is 0.485 e. The molecule has 5 heteroatoms. The van der Waals surface area contributed by atoms with Crippen molar-refractivity contribution in [3.8, 4) is 5.75 Å². The lowest BCUT2D eigenvalue weighted by molar-refractivity contribution is -0.0644. The Morgan fingerprint density at radius 3 is 2.90 bits per heavy atom. The number of hydrogen-bond donors (Lipinski definition) is 1. The van der Waals surface area contributed by atoms with Crippen molar-refractivity contribution in [1.82, 2.24) is 9.55 Å². The van der Waals surface area contributed by atoms with Gasteiger partial charge in [0.25, 0.3) is 5.56 Å². The monoisotopic (exact) mass is 272 g/mol. The molecule has 5 nitrogen and oxygen atoms in total. The zero-order valence-electron chi connectivity index (χ0n) is 11.4. The van der Waals surface area contributed by atoms with Gasteiger partial charge in [-0.2, -0.15) is 0 Å². The maximum atomic E-state index is 12.1. The zero-order chi connectivity index (χ0) is 14.3. The molecule has 0 fully saturated rings. The second kappa shape index (κ2) is 4.45. The van der Waals surface area contributed by atoms with E-state index >= 15 is 0 Å². The normalized spacial score (nSPS) is 23.8. The fourth-order valence-corrected chi connectivity index (χ4v) is 2.57. The third-order valence-electron chi connectivity index (χ3n) is 3.66. The van der Waals surface area contributed by atoms with E-state index in [0.717, 1.165) is 0 Å². The lowest BCUT2D eigenvalue weighted by Crippen LogP contribution is -2.52. The second-order valence-electron chi connectivity index (χ2n) is 5.45. The Labute approximate surface area is 116 Å². The first kappa shape index (κ1) is 12.9. The second-order valence-corrected chi connectivity index (χ2v) is 5.45. The summed E-state index contributed by atoms with van der Waals surface area (Å²) in [6.45, 7) is 3.62. The number of aliphatic hydroxyl groups excluding tert-OH is 1. The molecule has 1 N–H and O–H groups in total. The molecule has 0 saturated carbocycles. The van der Waals surface area contributed by atoms with E-state index < -0.39 is 17.7 Å². The molecule has 2 aromatic heterocycles. The van der Waals surface area contributed by atoms with Crippen molar-refractivity contribution >= 4 is 0 Å². The van der Waals surface area contributed by atoms with Crippen LogP contribution in [0.5, 0.6) is 5.75 Å². The fourth-order valence-electron chi connectivity index (χ4n) is 2.57. The van der Waals surface area contributed by atoms with Crippen LogP contribution in [0.25, 0.3) is 0 Å². The van der Waals surface area contributed by atoms with Crippen molar-refractivity contribution in [1.29, 1.82) is 0 Å². The van der Waals surface area contributed by atoms with Gasteiger partial charge >= 0.3 is 0 Å². The summed E-state index contributed by atoms with van der Waals surface area (Å²) in [5, 5.41) is 10.6. The molecule has 0 unspecified atom stereocenters. The number of fused-ring (bicyclic) bond motifs is 1. The minimum absolute atomic E-state index is 0.163. The minimum atomic E-state index is -0.848. The predicted octanol–water partition coefficient (Wildman–Crippen LogP) is 1.36. The maximum Gasteiger partial charge on any atom is 0.251 e. The van der Waals surface area contributed by atoms with Gasteiger partial charge in [-0.05, 0) is 26.0 Å². The van der Waals surface area contributed by atoms with Crippen LogP contribution < -0.4 is 10.3 Å². The fraction of sp³-hybridized carbons (Fsp3) is 0.333. The number of nitrogens with zero attached hydrogens (tertiary/aromatic N) is 2. The van der Waals surface area contributed by atoms with Crippen LogP contribution >= 0.6 is 0 Å². The van der Waals surface area contributed by atoms with Crippen LogP contribution in [0.1, 0.15) is 25.5 Å². The molecule has 0 radical (unpaired) electrons. The third kappa shape index (κ3) is 1.91. The van der Waals surface area contributed by atoms with Gasteiger partial charge in [-0.15, -0.1) is 0 Å². The van der Waals surface area contributed by atoms with Gasteiger partial charge in [0.1, 0.15) is 17.5 Å². The summed E-state index contributed by atoms with van der Waals surface area (Å²) in [5.74, 6) is 0.649. The topological polar surface area (TPSA) is 64.4 Å². The number of hydrogen-bond acceptors (Lipinski definition) is 4. The Hall–Kier alpha value is -2.14. The maximum absolute atomic E-state index is 12.1. The molecule has 3 heterocycles. The summed E-state index contributed by atoms with van der Waals surface area (Å²) in [6, 6.07) is 6.18. The Bertz CT molecular complexity index is 693. The highest BCUT2D eigenvalue weighted by atomic mass is 16.5. The van der Waals surface area contributed by atoms with Crippen molar-refractivity contribution in [3.63, 3.8) is 0 Å². The van der Waals surface area contributed by atoms with Gasteiger partial charge in [0.2, 0.25) is 0 Å². The molecule has 104 valence electrons. The molecule has 1 aliphatic rings. The molecule has 1 aliphatic heterocycles. The van der Waals surface area contributed by atoms with Crippen LogP contribution in [0.2, 0.25) is 0 Å². The predicted molar refractivity (Wildman–Crippen MR) is 73.8 cm³/mol. The van der Waals surface area contributed by atoms with E-state index in [1.54, 1.807) is 36.8 Å². The Morgan fingerprint density at radius 2 is 2.15 bits per heavy atom. The van der Waals surface area contributed by atoms with Gasteiger partial charge in [-0.25, -0.2) is 0 Å². The summed E-state index contributed by atoms with van der Waals surface area (Å²) in [7, 11) is 0. The lowest BCUT2D eigenvalue weighted by Gasteiger charge is -2.42. The molecule has 0 saturated heterocycles. The van der Waals surface area contributed by atoms with Gasteiger partial charge < -0.3 is 14.4 Å². The van der Waals surface area contributed by atoms with Crippen LogP contribution in [0.4, 0.5) is 0 Å². The highest BCUT2D eigenvalue weighted by Gasteiger charge is 2.44. The summed E-state index contributed by atoms with van der Waals surface area (Å²) in [6.07, 6.45) is 4.10. The first-order chi connectivity index (χ1) is 9.50. The Morgan fingerprint density at radius 1 is 1.35 bits per heavy atom. The molecule has 3 rings (SSSR count). The zero-order valence-corrected chi connectivity index (χ0v) is 11.4. The van der Waals surface area contributed by atoms with E-state index in [-0.39, 0.29) is 5.56 Å². The molecular weight excluding hydrogens is 256 g/mol. The summed E-state index contributed by atoms with van der Waals surface area (Å²) < 4.78 is 7.34. The number of aliphatic hydroxyl groups is 1. The van der Waals surface area contributed by atoms with E-state index in [2.05, 4.69) is 4.98 Å². The van der Waals surface area contributed by atoms with E-state index in [9.17, 15) is 9.90 Å². The first-order valence-corrected chi connectivity index (χ1v) is 6.49. The number of pyridine rings is 2. The lowest BCUT2D eigenvalue weighted by atomic mass is 9.87. The highest BCUT2D eigenvalue weighted by Crippen LogP contribution is 2.40. The average Bonchev–Trinajstić information content (AvgIpc) is 2.41. The van der Waals surface area contributed by atoms with Crippen molar-refractivity contribution in [2.45, 2.75) is 31.6 Å². The van der Waals surface area contributed by atoms with Gasteiger partial charge in [0.15, 0.2) is 0 Å². The van der Waals surface area contributed by atoms with Crippen molar-refractivity contribution in [3.05, 3.63) is 58.8 Å². The SMILES string of the molecule is CC1(C)Oc2ccncc2[C@H](n2ccccc2=O)[C@H]1O. The van der Waals surface area contributed by atoms with Crippen molar-refractivity contribution in [2.24, 2.45) is 0 Å². The van der Waals surface area contributed by atoms with Crippen molar-refractivity contribution < 1.29 is 9.84 Å². The summed E-state index contributed by atoms with van der Waals surface area (Å²) in [5.41, 5.74) is -0.231. The summed E-state index contributed by atoms with van der Waals surface area (Å²) in [4.78, 5) is 16.2. The number of rotatable bonds is 1. The Balaban J connectivity index is 2.23. The van der Waals surface area contributed by atoms with Gasteiger partial charge in [-0.1, -0.05) is 6.07 Å². The van der Waals surface area contributed by atoms with Crippen LogP contribution in [-0.4, -0.2) is 26.4 Å². The van der Waals surface area contributed by atoms with Crippen LogP contribution in [0.3, 0.4) is 0 Å². The minimum Gasteiger partial charge on any atom is -0.485 e. The molecule has 0 aromatic carbocycles. The van der Waals surface area contributed by atoms with E-state index in [0.29, 0.717) is 11.3 Å². The van der Waals surface area contributed by atoms with Gasteiger partial charge in [-0.3, -0.25) is 9.78 Å². The van der Waals surface area contributed by atoms with E-state index in [4.69, 9.17) is 4.74 Å². The first-order valence-electron chi connectivity index (χ1n) is 6.49. The molecule has 0 spiro atoms. The van der Waals surface area contributed by atoms with Crippen LogP contribution in [-0.2, 0) is 0 Å². The van der Waals surface area contributed by atoms with Gasteiger partial charge in [0.05, 0.1) is 6.04 Å².